The summed E-state index contributed by atoms with van der Waals surface area (Å²) in [5.74, 6) is -0.424. The Balaban J connectivity index is 1.46. The van der Waals surface area contributed by atoms with Gasteiger partial charge in [0.15, 0.2) is 17.2 Å². The monoisotopic (exact) mass is 477 g/mol. The number of Topliss-reactive ketones (excluding diaryl/α,β-unsaturated/α-hetero) is 2. The summed E-state index contributed by atoms with van der Waals surface area (Å²) in [4.78, 5) is 53.8. The lowest BCUT2D eigenvalue weighted by molar-refractivity contribution is -0.121. The molecule has 0 radical (unpaired) electrons. The molecule has 0 bridgehead atoms. The number of fused-ring (bicyclic) bond motifs is 2. The molecule has 0 unspecified atom stereocenters. The van der Waals surface area contributed by atoms with E-state index in [2.05, 4.69) is 20.7 Å². The molecule has 2 N–H and O–H groups in total. The summed E-state index contributed by atoms with van der Waals surface area (Å²) in [6.07, 6.45) is 2.10. The second kappa shape index (κ2) is 9.65. The third-order valence-electron chi connectivity index (χ3n) is 5.35. The molecule has 2 amide bonds. The molecule has 1 aliphatic heterocycles. The van der Waals surface area contributed by atoms with E-state index in [1.54, 1.807) is 12.1 Å². The van der Waals surface area contributed by atoms with Gasteiger partial charge in [0, 0.05) is 37.1 Å². The Kier molecular flexibility index (Phi) is 6.63. The van der Waals surface area contributed by atoms with Crippen LogP contribution < -0.4 is 15.4 Å². The van der Waals surface area contributed by atoms with Crippen LogP contribution in [0.25, 0.3) is 5.65 Å². The van der Waals surface area contributed by atoms with Crippen molar-refractivity contribution in [1.29, 1.82) is 0 Å². The first-order chi connectivity index (χ1) is 16.6. The van der Waals surface area contributed by atoms with Crippen molar-refractivity contribution in [2.75, 3.05) is 13.2 Å². The zero-order valence-electron chi connectivity index (χ0n) is 19.9. The van der Waals surface area contributed by atoms with Crippen LogP contribution in [0.5, 0.6) is 5.75 Å². The van der Waals surface area contributed by atoms with E-state index in [1.807, 2.05) is 32.9 Å². The summed E-state index contributed by atoms with van der Waals surface area (Å²) in [5.41, 5.74) is 1.87. The van der Waals surface area contributed by atoms with Crippen molar-refractivity contribution in [1.82, 2.24) is 25.2 Å². The van der Waals surface area contributed by atoms with Crippen LogP contribution in [0, 0.1) is 5.41 Å². The highest BCUT2D eigenvalue weighted by molar-refractivity contribution is 5.99. The Bertz CT molecular complexity index is 1320. The van der Waals surface area contributed by atoms with Crippen LogP contribution in [0.3, 0.4) is 0 Å². The van der Waals surface area contributed by atoms with E-state index in [1.165, 1.54) is 16.8 Å². The Morgan fingerprint density at radius 2 is 1.89 bits per heavy atom. The molecule has 0 saturated heterocycles. The van der Waals surface area contributed by atoms with Crippen LogP contribution in [-0.2, 0) is 22.6 Å². The van der Waals surface area contributed by atoms with Crippen molar-refractivity contribution in [3.05, 3.63) is 59.0 Å². The largest absolute Gasteiger partial charge is 0.486 e. The maximum atomic E-state index is 12.9. The smallest absolute Gasteiger partial charge is 0.270 e. The molecule has 10 nitrogen and oxygen atoms in total. The Labute approximate surface area is 202 Å². The number of ether oxygens (including phenoxy) is 1. The van der Waals surface area contributed by atoms with E-state index in [4.69, 9.17) is 4.74 Å². The molecule has 0 fully saturated rings. The number of ketones is 2. The van der Waals surface area contributed by atoms with E-state index in [9.17, 15) is 19.2 Å². The van der Waals surface area contributed by atoms with E-state index in [-0.39, 0.29) is 48.1 Å². The number of aromatic nitrogens is 3. The van der Waals surface area contributed by atoms with Crippen LogP contribution in [0.2, 0.25) is 0 Å². The first kappa shape index (κ1) is 24.1. The lowest BCUT2D eigenvalue weighted by atomic mass is 9.90. The number of carbonyl (C=O) groups excluding carboxylic acids is 4. The molecular weight excluding hydrogens is 450 g/mol. The molecule has 1 aromatic carbocycles. The quantitative estimate of drug-likeness (QED) is 0.531. The summed E-state index contributed by atoms with van der Waals surface area (Å²) in [6, 6.07) is 8.35. The minimum atomic E-state index is -0.531. The standard InChI is InChI=1S/C25H27N5O5/c1-25(2,3)11-18(32)13-27-24(34)20-10-19(29-22-6-7-28-30(20)22)23(33)26-12-15-4-5-21-16(8-15)9-17(31)14-35-21/h4-8,10H,9,11-14H2,1-3H3,(H,26,33)(H,27,34). The molecule has 3 aromatic rings. The third-order valence-corrected chi connectivity index (χ3v) is 5.35. The predicted molar refractivity (Wildman–Crippen MR) is 126 cm³/mol. The molecule has 0 spiro atoms. The lowest BCUT2D eigenvalue weighted by Crippen LogP contribution is -2.33. The molecular formula is C25H27N5O5. The molecule has 1 aliphatic rings. The highest BCUT2D eigenvalue weighted by Gasteiger charge is 2.21. The summed E-state index contributed by atoms with van der Waals surface area (Å²) >= 11 is 0. The van der Waals surface area contributed by atoms with Gasteiger partial charge in [0.25, 0.3) is 11.8 Å². The molecule has 0 saturated carbocycles. The van der Waals surface area contributed by atoms with Gasteiger partial charge in [-0.2, -0.15) is 5.10 Å². The Hall–Kier alpha value is -4.08. The van der Waals surface area contributed by atoms with Crippen molar-refractivity contribution in [2.45, 2.75) is 40.2 Å². The molecule has 4 rings (SSSR count). The Morgan fingerprint density at radius 1 is 1.09 bits per heavy atom. The number of carbonyl (C=O) groups is 4. The van der Waals surface area contributed by atoms with Crippen molar-refractivity contribution >= 4 is 29.0 Å². The van der Waals surface area contributed by atoms with Gasteiger partial charge in [-0.05, 0) is 23.1 Å². The zero-order chi connectivity index (χ0) is 25.2. The summed E-state index contributed by atoms with van der Waals surface area (Å²) in [7, 11) is 0. The SMILES string of the molecule is CC(C)(C)CC(=O)CNC(=O)c1cc(C(=O)NCc2ccc3c(c2)CC(=O)CO3)nc2ccnn12. The summed E-state index contributed by atoms with van der Waals surface area (Å²) in [6.45, 7) is 6.01. The number of amides is 2. The lowest BCUT2D eigenvalue weighted by Gasteiger charge is -2.17. The van der Waals surface area contributed by atoms with Crippen molar-refractivity contribution < 1.29 is 23.9 Å². The average Bonchev–Trinajstić information content (AvgIpc) is 3.27. The van der Waals surface area contributed by atoms with Gasteiger partial charge in [0.2, 0.25) is 0 Å². The highest BCUT2D eigenvalue weighted by Crippen LogP contribution is 2.24. The first-order valence-electron chi connectivity index (χ1n) is 11.3. The topological polar surface area (TPSA) is 132 Å². The van der Waals surface area contributed by atoms with E-state index < -0.39 is 11.8 Å². The molecule has 0 atom stereocenters. The van der Waals surface area contributed by atoms with E-state index in [0.29, 0.717) is 24.2 Å². The molecule has 2 aromatic heterocycles. The highest BCUT2D eigenvalue weighted by atomic mass is 16.5. The van der Waals surface area contributed by atoms with Crippen LogP contribution >= 0.6 is 0 Å². The van der Waals surface area contributed by atoms with E-state index in [0.717, 1.165) is 11.1 Å². The van der Waals surface area contributed by atoms with Crippen molar-refractivity contribution in [3.63, 3.8) is 0 Å². The van der Waals surface area contributed by atoms with Gasteiger partial charge >= 0.3 is 0 Å². The predicted octanol–water partition coefficient (Wildman–Crippen LogP) is 1.90. The zero-order valence-corrected chi connectivity index (χ0v) is 19.9. The maximum absolute atomic E-state index is 12.9. The third kappa shape index (κ3) is 5.89. The second-order valence-electron chi connectivity index (χ2n) is 9.72. The van der Waals surface area contributed by atoms with Gasteiger partial charge < -0.3 is 15.4 Å². The summed E-state index contributed by atoms with van der Waals surface area (Å²) in [5, 5.41) is 9.51. The van der Waals surface area contributed by atoms with Gasteiger partial charge in [-0.25, -0.2) is 9.50 Å². The number of benzene rings is 1. The first-order valence-corrected chi connectivity index (χ1v) is 11.3. The fraction of sp³-hybridized carbons (Fsp3) is 0.360. The maximum Gasteiger partial charge on any atom is 0.270 e. The minimum Gasteiger partial charge on any atom is -0.486 e. The molecule has 35 heavy (non-hydrogen) atoms. The second-order valence-corrected chi connectivity index (χ2v) is 9.72. The van der Waals surface area contributed by atoms with Crippen LogP contribution in [0.1, 0.15) is 59.3 Å². The fourth-order valence-corrected chi connectivity index (χ4v) is 3.83. The number of nitrogens with zero attached hydrogens (tertiary/aromatic N) is 3. The number of nitrogens with one attached hydrogen (secondary N) is 2. The summed E-state index contributed by atoms with van der Waals surface area (Å²) < 4.78 is 6.72. The average molecular weight is 478 g/mol. The molecule has 10 heteroatoms. The van der Waals surface area contributed by atoms with Crippen molar-refractivity contribution in [3.8, 4) is 5.75 Å². The molecule has 182 valence electrons. The number of hydrogen-bond acceptors (Lipinski definition) is 7. The van der Waals surface area contributed by atoms with Crippen LogP contribution in [0.4, 0.5) is 0 Å². The van der Waals surface area contributed by atoms with Crippen LogP contribution in [-0.4, -0.2) is 51.1 Å². The number of hydrogen-bond donors (Lipinski definition) is 2. The minimum absolute atomic E-state index is 0.00269. The van der Waals surface area contributed by atoms with Gasteiger partial charge in [-0.15, -0.1) is 0 Å². The van der Waals surface area contributed by atoms with Gasteiger partial charge in [0.1, 0.15) is 23.7 Å². The Morgan fingerprint density at radius 3 is 2.66 bits per heavy atom. The fourth-order valence-electron chi connectivity index (χ4n) is 3.83. The van der Waals surface area contributed by atoms with Gasteiger partial charge in [-0.1, -0.05) is 26.8 Å². The van der Waals surface area contributed by atoms with Crippen LogP contribution in [0.15, 0.2) is 36.5 Å². The molecule has 3 heterocycles. The molecule has 0 aliphatic carbocycles. The van der Waals surface area contributed by atoms with Gasteiger partial charge in [0.05, 0.1) is 12.7 Å². The normalized spacial score (nSPS) is 13.2. The van der Waals surface area contributed by atoms with Gasteiger partial charge in [-0.3, -0.25) is 19.2 Å². The van der Waals surface area contributed by atoms with Crippen molar-refractivity contribution in [2.24, 2.45) is 5.41 Å². The van der Waals surface area contributed by atoms with E-state index >= 15 is 0 Å². The number of rotatable bonds is 7.